The van der Waals surface area contributed by atoms with E-state index in [2.05, 4.69) is 6.92 Å². The molecule has 12 heavy (non-hydrogen) atoms. The molecule has 1 saturated heterocycles. The first-order valence-corrected chi connectivity index (χ1v) is 4.92. The molecule has 1 heterocycles. The Labute approximate surface area is 74.3 Å². The van der Waals surface area contributed by atoms with Crippen molar-refractivity contribution in [2.24, 2.45) is 5.92 Å². The monoisotopic (exact) mass is 170 g/mol. The molecule has 0 aromatic heterocycles. The van der Waals surface area contributed by atoms with E-state index in [0.29, 0.717) is 6.10 Å². The van der Waals surface area contributed by atoms with Crippen LogP contribution in [0.1, 0.15) is 39.0 Å². The second-order valence-corrected chi connectivity index (χ2v) is 3.54. The number of hydrogen-bond acceptors (Lipinski definition) is 2. The molecule has 0 aromatic rings. The highest BCUT2D eigenvalue weighted by molar-refractivity contribution is 5.49. The maximum Gasteiger partial charge on any atom is 0.120 e. The minimum Gasteiger partial charge on any atom is -0.378 e. The summed E-state index contributed by atoms with van der Waals surface area (Å²) in [4.78, 5) is 10.2. The fourth-order valence-corrected chi connectivity index (χ4v) is 1.81. The molecule has 0 spiro atoms. The molecular weight excluding hydrogens is 152 g/mol. The second kappa shape index (κ2) is 5.31. The van der Waals surface area contributed by atoms with Gasteiger partial charge in [-0.2, -0.15) is 0 Å². The predicted octanol–water partition coefficient (Wildman–Crippen LogP) is 2.17. The fourth-order valence-electron chi connectivity index (χ4n) is 1.81. The summed E-state index contributed by atoms with van der Waals surface area (Å²) in [7, 11) is 0. The first kappa shape index (κ1) is 9.72. The van der Waals surface area contributed by atoms with Gasteiger partial charge in [0.25, 0.3) is 0 Å². The van der Waals surface area contributed by atoms with Gasteiger partial charge in [-0.3, -0.25) is 0 Å². The average molecular weight is 170 g/mol. The largest absolute Gasteiger partial charge is 0.378 e. The Kier molecular flexibility index (Phi) is 4.30. The van der Waals surface area contributed by atoms with Crippen LogP contribution in [0.15, 0.2) is 0 Å². The zero-order valence-electron chi connectivity index (χ0n) is 7.79. The van der Waals surface area contributed by atoms with E-state index in [1.807, 2.05) is 0 Å². The van der Waals surface area contributed by atoms with Crippen LogP contribution in [0.2, 0.25) is 0 Å². The lowest BCUT2D eigenvalue weighted by Gasteiger charge is -2.28. The van der Waals surface area contributed by atoms with E-state index >= 15 is 0 Å². The Morgan fingerprint density at radius 1 is 1.58 bits per heavy atom. The van der Waals surface area contributed by atoms with Gasteiger partial charge < -0.3 is 9.53 Å². The SMILES string of the molecule is CCC1CC(CCC=O)CCO1. The van der Waals surface area contributed by atoms with Crippen molar-refractivity contribution in [2.75, 3.05) is 6.61 Å². The molecule has 0 amide bonds. The normalized spacial score (nSPS) is 30.1. The van der Waals surface area contributed by atoms with E-state index in [9.17, 15) is 4.79 Å². The zero-order chi connectivity index (χ0) is 8.81. The van der Waals surface area contributed by atoms with Crippen LogP contribution < -0.4 is 0 Å². The van der Waals surface area contributed by atoms with Crippen LogP contribution in [0, 0.1) is 5.92 Å². The van der Waals surface area contributed by atoms with Crippen LogP contribution in [0.5, 0.6) is 0 Å². The van der Waals surface area contributed by atoms with E-state index in [1.54, 1.807) is 0 Å². The lowest BCUT2D eigenvalue weighted by Crippen LogP contribution is -2.24. The molecule has 2 nitrogen and oxygen atoms in total. The van der Waals surface area contributed by atoms with Crippen molar-refractivity contribution in [2.45, 2.75) is 45.1 Å². The molecule has 0 radical (unpaired) electrons. The van der Waals surface area contributed by atoms with Gasteiger partial charge in [-0.05, 0) is 31.6 Å². The standard InChI is InChI=1S/C10H18O2/c1-2-10-8-9(4-3-6-11)5-7-12-10/h6,9-10H,2-5,7-8H2,1H3. The minimum atomic E-state index is 0.454. The van der Waals surface area contributed by atoms with Gasteiger partial charge in [0.15, 0.2) is 0 Å². The van der Waals surface area contributed by atoms with Crippen molar-refractivity contribution >= 4 is 6.29 Å². The minimum absolute atomic E-state index is 0.454. The Balaban J connectivity index is 2.20. The molecule has 0 aromatic carbocycles. The van der Waals surface area contributed by atoms with Crippen molar-refractivity contribution in [3.63, 3.8) is 0 Å². The van der Waals surface area contributed by atoms with Crippen molar-refractivity contribution < 1.29 is 9.53 Å². The zero-order valence-corrected chi connectivity index (χ0v) is 7.79. The Morgan fingerprint density at radius 2 is 2.42 bits per heavy atom. The topological polar surface area (TPSA) is 26.3 Å². The Hall–Kier alpha value is -0.370. The third-order valence-electron chi connectivity index (χ3n) is 2.62. The van der Waals surface area contributed by atoms with Gasteiger partial charge >= 0.3 is 0 Å². The summed E-state index contributed by atoms with van der Waals surface area (Å²) in [6.45, 7) is 3.05. The summed E-state index contributed by atoms with van der Waals surface area (Å²) < 4.78 is 5.55. The number of carbonyl (C=O) groups is 1. The molecule has 70 valence electrons. The molecule has 2 unspecified atom stereocenters. The van der Waals surface area contributed by atoms with Crippen LogP contribution in [0.4, 0.5) is 0 Å². The molecule has 1 fully saturated rings. The van der Waals surface area contributed by atoms with E-state index in [4.69, 9.17) is 4.74 Å². The first-order valence-electron chi connectivity index (χ1n) is 4.92. The van der Waals surface area contributed by atoms with Crippen LogP contribution in [0.25, 0.3) is 0 Å². The van der Waals surface area contributed by atoms with Gasteiger partial charge in [0.05, 0.1) is 6.10 Å². The summed E-state index contributed by atoms with van der Waals surface area (Å²) in [5, 5.41) is 0. The Morgan fingerprint density at radius 3 is 3.08 bits per heavy atom. The maximum absolute atomic E-state index is 10.2. The van der Waals surface area contributed by atoms with E-state index in [-0.39, 0.29) is 0 Å². The number of carbonyl (C=O) groups excluding carboxylic acids is 1. The van der Waals surface area contributed by atoms with Crippen molar-refractivity contribution in [3.8, 4) is 0 Å². The third kappa shape index (κ3) is 2.94. The summed E-state index contributed by atoms with van der Waals surface area (Å²) in [5.74, 6) is 0.730. The predicted molar refractivity (Wildman–Crippen MR) is 48.1 cm³/mol. The fraction of sp³-hybridized carbons (Fsp3) is 0.900. The van der Waals surface area contributed by atoms with Crippen molar-refractivity contribution in [1.29, 1.82) is 0 Å². The lowest BCUT2D eigenvalue weighted by atomic mass is 9.90. The smallest absolute Gasteiger partial charge is 0.120 e. The van der Waals surface area contributed by atoms with Crippen molar-refractivity contribution in [3.05, 3.63) is 0 Å². The molecule has 0 saturated carbocycles. The lowest BCUT2D eigenvalue weighted by molar-refractivity contribution is -0.108. The number of aldehydes is 1. The van der Waals surface area contributed by atoms with Gasteiger partial charge in [-0.1, -0.05) is 6.92 Å². The highest BCUT2D eigenvalue weighted by Crippen LogP contribution is 2.25. The third-order valence-corrected chi connectivity index (χ3v) is 2.62. The van der Waals surface area contributed by atoms with E-state index in [1.165, 1.54) is 0 Å². The van der Waals surface area contributed by atoms with Gasteiger partial charge in [0.1, 0.15) is 6.29 Å². The maximum atomic E-state index is 10.2. The first-order chi connectivity index (χ1) is 5.86. The molecule has 0 N–H and O–H groups in total. The molecule has 1 aliphatic rings. The van der Waals surface area contributed by atoms with E-state index in [0.717, 1.165) is 50.9 Å². The van der Waals surface area contributed by atoms with E-state index < -0.39 is 0 Å². The molecule has 0 bridgehead atoms. The number of ether oxygens (including phenoxy) is 1. The van der Waals surface area contributed by atoms with Crippen LogP contribution in [-0.2, 0) is 9.53 Å². The summed E-state index contributed by atoms with van der Waals surface area (Å²) >= 11 is 0. The van der Waals surface area contributed by atoms with Gasteiger partial charge in [-0.15, -0.1) is 0 Å². The Bertz CT molecular complexity index is 134. The average Bonchev–Trinajstić information content (AvgIpc) is 2.15. The molecule has 2 heteroatoms. The molecule has 2 atom stereocenters. The summed E-state index contributed by atoms with van der Waals surface area (Å²) in [5.41, 5.74) is 0. The highest BCUT2D eigenvalue weighted by Gasteiger charge is 2.20. The van der Waals surface area contributed by atoms with Crippen LogP contribution >= 0.6 is 0 Å². The number of rotatable bonds is 4. The van der Waals surface area contributed by atoms with Gasteiger partial charge in [-0.25, -0.2) is 0 Å². The van der Waals surface area contributed by atoms with Crippen molar-refractivity contribution in [1.82, 2.24) is 0 Å². The van der Waals surface area contributed by atoms with Crippen LogP contribution in [-0.4, -0.2) is 19.0 Å². The second-order valence-electron chi connectivity index (χ2n) is 3.54. The van der Waals surface area contributed by atoms with Gasteiger partial charge in [0, 0.05) is 13.0 Å². The highest BCUT2D eigenvalue weighted by atomic mass is 16.5. The summed E-state index contributed by atoms with van der Waals surface area (Å²) in [6.07, 6.45) is 6.67. The molecular formula is C10H18O2. The molecule has 1 rings (SSSR count). The molecule has 0 aliphatic carbocycles. The van der Waals surface area contributed by atoms with Crippen LogP contribution in [0.3, 0.4) is 0 Å². The quantitative estimate of drug-likeness (QED) is 0.604. The number of hydrogen-bond donors (Lipinski definition) is 0. The molecule has 1 aliphatic heterocycles. The van der Waals surface area contributed by atoms with Gasteiger partial charge in [0.2, 0.25) is 0 Å². The summed E-state index contributed by atoms with van der Waals surface area (Å²) in [6, 6.07) is 0.